The predicted octanol–water partition coefficient (Wildman–Crippen LogP) is 2.45. The fraction of sp³-hybridized carbons (Fsp3) is 0.211. The molecule has 2 aromatic heterocycles. The first-order valence-electron chi connectivity index (χ1n) is 8.35. The lowest BCUT2D eigenvalue weighted by atomic mass is 10.2. The summed E-state index contributed by atoms with van der Waals surface area (Å²) in [6.07, 6.45) is 6.94. The van der Waals surface area contributed by atoms with Gasteiger partial charge in [0.05, 0.1) is 6.54 Å². The summed E-state index contributed by atoms with van der Waals surface area (Å²) >= 11 is 0. The summed E-state index contributed by atoms with van der Waals surface area (Å²) in [5.41, 5.74) is 2.06. The van der Waals surface area contributed by atoms with Crippen molar-refractivity contribution in [2.45, 2.75) is 13.5 Å². The second-order valence-corrected chi connectivity index (χ2v) is 5.77. The molecule has 3 aromatic rings. The third kappa shape index (κ3) is 5.07. The lowest BCUT2D eigenvalue weighted by Crippen LogP contribution is -2.37. The van der Waals surface area contributed by atoms with Gasteiger partial charge in [0.15, 0.2) is 0 Å². The van der Waals surface area contributed by atoms with Crippen LogP contribution in [0.25, 0.3) is 5.82 Å². The van der Waals surface area contributed by atoms with Crippen molar-refractivity contribution in [2.75, 3.05) is 13.2 Å². The lowest BCUT2D eigenvalue weighted by Gasteiger charge is -2.10. The number of hydrogen-bond acceptors (Lipinski definition) is 4. The van der Waals surface area contributed by atoms with E-state index in [1.165, 1.54) is 0 Å². The molecule has 134 valence electrons. The maximum absolute atomic E-state index is 11.8. The Labute approximate surface area is 152 Å². The number of nitrogens with one attached hydrogen (secondary N) is 2. The Morgan fingerprint density at radius 1 is 1.23 bits per heavy atom. The number of aryl methyl sites for hydroxylation is 1. The molecule has 2 heterocycles. The largest absolute Gasteiger partial charge is 0.492 e. The molecule has 0 aliphatic heterocycles. The number of amides is 2. The molecule has 0 saturated heterocycles. The van der Waals surface area contributed by atoms with Crippen molar-refractivity contribution in [3.8, 4) is 11.6 Å². The quantitative estimate of drug-likeness (QED) is 0.641. The highest BCUT2D eigenvalue weighted by molar-refractivity contribution is 5.73. The van der Waals surface area contributed by atoms with Crippen molar-refractivity contribution in [2.24, 2.45) is 0 Å². The average Bonchev–Trinajstić information content (AvgIpc) is 3.19. The number of hydrogen-bond donors (Lipinski definition) is 2. The van der Waals surface area contributed by atoms with E-state index in [9.17, 15) is 4.79 Å². The molecule has 3 rings (SSSR count). The van der Waals surface area contributed by atoms with Crippen LogP contribution in [-0.2, 0) is 6.54 Å². The summed E-state index contributed by atoms with van der Waals surface area (Å²) in [5, 5.41) is 5.56. The monoisotopic (exact) mass is 351 g/mol. The summed E-state index contributed by atoms with van der Waals surface area (Å²) in [4.78, 5) is 20.2. The van der Waals surface area contributed by atoms with Gasteiger partial charge in [-0.1, -0.05) is 18.2 Å². The van der Waals surface area contributed by atoms with Crippen molar-refractivity contribution in [1.29, 1.82) is 0 Å². The molecule has 0 aliphatic carbocycles. The van der Waals surface area contributed by atoms with Crippen molar-refractivity contribution in [3.05, 3.63) is 72.4 Å². The van der Waals surface area contributed by atoms with Gasteiger partial charge in [0.2, 0.25) is 0 Å². The molecule has 0 fully saturated rings. The normalized spacial score (nSPS) is 10.3. The van der Waals surface area contributed by atoms with Crippen LogP contribution in [-0.4, -0.2) is 33.7 Å². The maximum Gasteiger partial charge on any atom is 0.315 e. The van der Waals surface area contributed by atoms with E-state index >= 15 is 0 Å². The van der Waals surface area contributed by atoms with E-state index in [4.69, 9.17) is 4.74 Å². The zero-order chi connectivity index (χ0) is 18.2. The van der Waals surface area contributed by atoms with Gasteiger partial charge in [-0.05, 0) is 36.2 Å². The van der Waals surface area contributed by atoms with Crippen LogP contribution >= 0.6 is 0 Å². The van der Waals surface area contributed by atoms with Crippen LogP contribution in [0.5, 0.6) is 5.75 Å². The fourth-order valence-electron chi connectivity index (χ4n) is 2.35. The van der Waals surface area contributed by atoms with Crippen molar-refractivity contribution in [3.63, 3.8) is 0 Å². The maximum atomic E-state index is 11.8. The molecule has 26 heavy (non-hydrogen) atoms. The number of benzene rings is 1. The Morgan fingerprint density at radius 3 is 2.88 bits per heavy atom. The molecule has 1 aromatic carbocycles. The van der Waals surface area contributed by atoms with Crippen molar-refractivity contribution >= 4 is 6.03 Å². The Morgan fingerprint density at radius 2 is 2.15 bits per heavy atom. The number of nitrogens with zero attached hydrogens (tertiary/aromatic N) is 3. The van der Waals surface area contributed by atoms with E-state index in [1.807, 2.05) is 54.1 Å². The van der Waals surface area contributed by atoms with Crippen LogP contribution in [0.2, 0.25) is 0 Å². The molecule has 0 atom stereocenters. The molecule has 2 N–H and O–H groups in total. The number of ether oxygens (including phenoxy) is 1. The highest BCUT2D eigenvalue weighted by atomic mass is 16.5. The number of pyridine rings is 1. The van der Waals surface area contributed by atoms with E-state index in [-0.39, 0.29) is 6.03 Å². The average molecular weight is 351 g/mol. The first-order valence-corrected chi connectivity index (χ1v) is 8.35. The van der Waals surface area contributed by atoms with Gasteiger partial charge in [0.1, 0.15) is 24.5 Å². The van der Waals surface area contributed by atoms with Gasteiger partial charge in [-0.15, -0.1) is 0 Å². The number of carbonyl (C=O) groups is 1. The highest BCUT2D eigenvalue weighted by Gasteiger charge is 2.02. The Bertz CT molecular complexity index is 831. The highest BCUT2D eigenvalue weighted by Crippen LogP contribution is 2.11. The second kappa shape index (κ2) is 8.66. The van der Waals surface area contributed by atoms with Gasteiger partial charge in [-0.25, -0.2) is 14.8 Å². The molecule has 0 saturated carbocycles. The zero-order valence-electron chi connectivity index (χ0n) is 14.6. The second-order valence-electron chi connectivity index (χ2n) is 5.77. The summed E-state index contributed by atoms with van der Waals surface area (Å²) in [6, 6.07) is 11.4. The van der Waals surface area contributed by atoms with Crippen LogP contribution in [0.4, 0.5) is 4.79 Å². The molecule has 7 nitrogen and oxygen atoms in total. The number of carbonyl (C=O) groups excluding carboxylic acids is 1. The SMILES string of the molecule is Cc1cccc(OCCNC(=O)NCc2ccc(-n3ccnc3)nc2)c1. The van der Waals surface area contributed by atoms with E-state index in [2.05, 4.69) is 20.6 Å². The van der Waals surface area contributed by atoms with Gasteiger partial charge in [0.25, 0.3) is 0 Å². The summed E-state index contributed by atoms with van der Waals surface area (Å²) in [6.45, 7) is 3.26. The van der Waals surface area contributed by atoms with E-state index in [1.54, 1.807) is 18.7 Å². The summed E-state index contributed by atoms with van der Waals surface area (Å²) in [7, 11) is 0. The van der Waals surface area contributed by atoms with Crippen molar-refractivity contribution < 1.29 is 9.53 Å². The van der Waals surface area contributed by atoms with E-state index in [0.29, 0.717) is 19.7 Å². The summed E-state index contributed by atoms with van der Waals surface area (Å²) in [5.74, 6) is 1.58. The first kappa shape index (κ1) is 17.5. The minimum Gasteiger partial charge on any atom is -0.492 e. The third-order valence-electron chi connectivity index (χ3n) is 3.68. The van der Waals surface area contributed by atoms with Crippen LogP contribution in [0, 0.1) is 6.92 Å². The zero-order valence-corrected chi connectivity index (χ0v) is 14.6. The molecule has 0 aliphatic rings. The molecule has 0 bridgehead atoms. The van der Waals surface area contributed by atoms with Gasteiger partial charge in [-0.3, -0.25) is 4.57 Å². The predicted molar refractivity (Wildman–Crippen MR) is 98.3 cm³/mol. The topological polar surface area (TPSA) is 81.1 Å². The molecule has 2 amide bonds. The molecule has 7 heteroatoms. The molecular formula is C19H21N5O2. The smallest absolute Gasteiger partial charge is 0.315 e. The lowest BCUT2D eigenvalue weighted by molar-refractivity contribution is 0.236. The molecule has 0 radical (unpaired) electrons. The standard InChI is InChI=1S/C19H21N5O2/c1-15-3-2-4-17(11-15)26-10-8-21-19(25)23-13-16-5-6-18(22-12-16)24-9-7-20-14-24/h2-7,9,11-12,14H,8,10,13H2,1H3,(H2,21,23,25). The molecular weight excluding hydrogens is 330 g/mol. The number of imidazole rings is 1. The fourth-order valence-corrected chi connectivity index (χ4v) is 2.35. The van der Waals surface area contributed by atoms with Crippen LogP contribution in [0.1, 0.15) is 11.1 Å². The molecule has 0 spiro atoms. The van der Waals surface area contributed by atoms with Crippen molar-refractivity contribution in [1.82, 2.24) is 25.2 Å². The number of urea groups is 1. The van der Waals surface area contributed by atoms with E-state index < -0.39 is 0 Å². The van der Waals surface area contributed by atoms with Crippen LogP contribution < -0.4 is 15.4 Å². The first-order chi connectivity index (χ1) is 12.7. The van der Waals surface area contributed by atoms with Gasteiger partial charge < -0.3 is 15.4 Å². The number of aromatic nitrogens is 3. The third-order valence-corrected chi connectivity index (χ3v) is 3.68. The van der Waals surface area contributed by atoms with Crippen LogP contribution in [0.15, 0.2) is 61.3 Å². The summed E-state index contributed by atoms with van der Waals surface area (Å²) < 4.78 is 7.41. The minimum absolute atomic E-state index is 0.239. The Kier molecular flexibility index (Phi) is 5.82. The van der Waals surface area contributed by atoms with E-state index in [0.717, 1.165) is 22.7 Å². The van der Waals surface area contributed by atoms with Crippen LogP contribution in [0.3, 0.4) is 0 Å². The van der Waals surface area contributed by atoms with Gasteiger partial charge in [0, 0.05) is 25.1 Å². The van der Waals surface area contributed by atoms with Gasteiger partial charge >= 0.3 is 6.03 Å². The number of rotatable bonds is 7. The Balaban J connectivity index is 1.36. The Hall–Kier alpha value is -3.35. The van der Waals surface area contributed by atoms with Gasteiger partial charge in [-0.2, -0.15) is 0 Å². The minimum atomic E-state index is -0.239. The molecule has 0 unspecified atom stereocenters.